The molecule has 1 aliphatic heterocycles. The minimum absolute atomic E-state index is 0.251. The van der Waals surface area contributed by atoms with Gasteiger partial charge in [-0.2, -0.15) is 0 Å². The Kier molecular flexibility index (Phi) is 4.48. The predicted molar refractivity (Wildman–Crippen MR) is 120 cm³/mol. The summed E-state index contributed by atoms with van der Waals surface area (Å²) in [5.41, 5.74) is 2.45. The number of anilines is 1. The lowest BCUT2D eigenvalue weighted by molar-refractivity contribution is -0.128. The Bertz CT molecular complexity index is 1440. The van der Waals surface area contributed by atoms with Crippen molar-refractivity contribution >= 4 is 43.4 Å². The molecule has 0 N–H and O–H groups in total. The van der Waals surface area contributed by atoms with Crippen molar-refractivity contribution in [1.82, 2.24) is 14.5 Å². The third-order valence-electron chi connectivity index (χ3n) is 5.81. The Labute approximate surface area is 180 Å². The fourth-order valence-electron chi connectivity index (χ4n) is 4.27. The van der Waals surface area contributed by atoms with Gasteiger partial charge in [0.1, 0.15) is 12.4 Å². The highest BCUT2D eigenvalue weighted by molar-refractivity contribution is 7.93. The van der Waals surface area contributed by atoms with Gasteiger partial charge in [0.05, 0.1) is 28.2 Å². The fraction of sp³-hybridized carbons (Fsp3) is 0.217. The molecule has 1 amide bonds. The zero-order valence-electron chi connectivity index (χ0n) is 17.3. The normalized spacial score (nSPS) is 14.5. The number of nitrogens with zero attached hydrogens (tertiary/aromatic N) is 4. The molecule has 3 aromatic carbocycles. The number of hydrogen-bond acceptors (Lipinski definition) is 4. The van der Waals surface area contributed by atoms with Gasteiger partial charge >= 0.3 is 0 Å². The smallest absolute Gasteiger partial charge is 0.265 e. The van der Waals surface area contributed by atoms with Crippen LogP contribution in [0.3, 0.4) is 0 Å². The second kappa shape index (κ2) is 7.09. The number of fused-ring (bicyclic) bond motifs is 1. The van der Waals surface area contributed by atoms with Crippen LogP contribution in [0.2, 0.25) is 0 Å². The zero-order valence-corrected chi connectivity index (χ0v) is 18.1. The summed E-state index contributed by atoms with van der Waals surface area (Å²) in [6, 6.07) is 18.5. The zero-order chi connectivity index (χ0) is 21.8. The number of likely N-dealkylation sites (N-methyl/N-ethyl adjacent to an activating group) is 1. The van der Waals surface area contributed by atoms with E-state index in [9.17, 15) is 13.2 Å². The standard InChI is InChI=1S/C23H22N4O3S/c1-3-26-18-11-5-4-10-17(18)24-21(26)14-25(2)22(28)15-27-19-12-6-8-16-9-7-13-20(23(16)19)31(27,29)30/h4-13H,3,14-15H2,1-2H3. The number of amides is 1. The molecule has 0 unspecified atom stereocenters. The summed E-state index contributed by atoms with van der Waals surface area (Å²) in [5.74, 6) is 0.484. The minimum atomic E-state index is -3.77. The average molecular weight is 435 g/mol. The van der Waals surface area contributed by atoms with E-state index < -0.39 is 10.0 Å². The number of carbonyl (C=O) groups is 1. The quantitative estimate of drug-likeness (QED) is 0.483. The van der Waals surface area contributed by atoms with Gasteiger partial charge < -0.3 is 9.47 Å². The number of imidazole rings is 1. The Morgan fingerprint density at radius 3 is 2.55 bits per heavy atom. The van der Waals surface area contributed by atoms with E-state index in [1.165, 1.54) is 9.21 Å². The van der Waals surface area contributed by atoms with Crippen molar-refractivity contribution < 1.29 is 13.2 Å². The van der Waals surface area contributed by atoms with Crippen LogP contribution >= 0.6 is 0 Å². The van der Waals surface area contributed by atoms with Crippen LogP contribution in [0, 0.1) is 0 Å². The van der Waals surface area contributed by atoms with Crippen LogP contribution in [0.1, 0.15) is 12.7 Å². The van der Waals surface area contributed by atoms with Gasteiger partial charge in [0, 0.05) is 19.0 Å². The molecule has 5 rings (SSSR count). The predicted octanol–water partition coefficient (Wildman–Crippen LogP) is 3.38. The van der Waals surface area contributed by atoms with Crippen LogP contribution in [-0.2, 0) is 27.9 Å². The number of rotatable bonds is 5. The average Bonchev–Trinajstić information content (AvgIpc) is 3.22. The molecular formula is C23H22N4O3S. The molecule has 8 heteroatoms. The van der Waals surface area contributed by atoms with E-state index in [-0.39, 0.29) is 17.3 Å². The summed E-state index contributed by atoms with van der Waals surface area (Å²) in [7, 11) is -2.09. The van der Waals surface area contributed by atoms with Crippen LogP contribution in [0.25, 0.3) is 21.8 Å². The van der Waals surface area contributed by atoms with E-state index in [4.69, 9.17) is 0 Å². The van der Waals surface area contributed by atoms with Crippen LogP contribution in [0.4, 0.5) is 5.69 Å². The van der Waals surface area contributed by atoms with E-state index in [0.29, 0.717) is 17.6 Å². The first-order valence-electron chi connectivity index (χ1n) is 10.1. The highest BCUT2D eigenvalue weighted by atomic mass is 32.2. The number of aryl methyl sites for hydroxylation is 1. The molecule has 31 heavy (non-hydrogen) atoms. The third-order valence-corrected chi connectivity index (χ3v) is 7.62. The molecule has 0 saturated carbocycles. The first kappa shape index (κ1) is 19.6. The number of para-hydroxylation sites is 2. The number of sulfonamides is 1. The van der Waals surface area contributed by atoms with E-state index in [1.807, 2.05) is 49.4 Å². The first-order chi connectivity index (χ1) is 14.9. The molecule has 2 heterocycles. The summed E-state index contributed by atoms with van der Waals surface area (Å²) in [6.07, 6.45) is 0. The van der Waals surface area contributed by atoms with E-state index in [1.54, 1.807) is 25.2 Å². The Morgan fingerprint density at radius 2 is 1.77 bits per heavy atom. The summed E-state index contributed by atoms with van der Waals surface area (Å²) in [5, 5.41) is 1.52. The van der Waals surface area contributed by atoms with Crippen LogP contribution in [0.5, 0.6) is 0 Å². The van der Waals surface area contributed by atoms with Crippen molar-refractivity contribution in [3.05, 3.63) is 66.5 Å². The Hall–Kier alpha value is -3.39. The van der Waals surface area contributed by atoms with Crippen LogP contribution in [-0.4, -0.2) is 42.4 Å². The number of aromatic nitrogens is 2. The SMILES string of the molecule is CCn1c(CN(C)C(=O)CN2c3cccc4cccc(c34)S2(=O)=O)nc2ccccc21. The molecule has 0 saturated heterocycles. The van der Waals surface area contributed by atoms with Gasteiger partial charge in [0.25, 0.3) is 10.0 Å². The summed E-state index contributed by atoms with van der Waals surface area (Å²) in [4.78, 5) is 19.5. The Morgan fingerprint density at radius 1 is 1.03 bits per heavy atom. The molecule has 0 aliphatic carbocycles. The third kappa shape index (κ3) is 2.97. The van der Waals surface area contributed by atoms with Gasteiger partial charge in [0.2, 0.25) is 5.91 Å². The second-order valence-electron chi connectivity index (χ2n) is 7.65. The van der Waals surface area contributed by atoms with E-state index in [2.05, 4.69) is 9.55 Å². The van der Waals surface area contributed by atoms with Crippen molar-refractivity contribution in [2.24, 2.45) is 0 Å². The molecule has 0 fully saturated rings. The van der Waals surface area contributed by atoms with E-state index >= 15 is 0 Å². The largest absolute Gasteiger partial charge is 0.337 e. The van der Waals surface area contributed by atoms with E-state index in [0.717, 1.165) is 28.8 Å². The van der Waals surface area contributed by atoms with Gasteiger partial charge in [-0.1, -0.05) is 36.4 Å². The number of hydrogen-bond donors (Lipinski definition) is 0. The molecule has 0 radical (unpaired) electrons. The molecule has 0 bridgehead atoms. The van der Waals surface area contributed by atoms with Crippen molar-refractivity contribution in [3.63, 3.8) is 0 Å². The van der Waals surface area contributed by atoms with Gasteiger partial charge in [-0.15, -0.1) is 0 Å². The highest BCUT2D eigenvalue weighted by Gasteiger charge is 2.37. The summed E-state index contributed by atoms with van der Waals surface area (Å²) in [6.45, 7) is 2.81. The maximum Gasteiger partial charge on any atom is 0.265 e. The maximum atomic E-state index is 13.1. The Balaban J connectivity index is 1.43. The maximum absolute atomic E-state index is 13.1. The molecule has 4 aromatic rings. The van der Waals surface area contributed by atoms with Gasteiger partial charge in [0.15, 0.2) is 0 Å². The summed E-state index contributed by atoms with van der Waals surface area (Å²) >= 11 is 0. The molecule has 158 valence electrons. The lowest BCUT2D eigenvalue weighted by Crippen LogP contribution is -2.40. The fourth-order valence-corrected chi connectivity index (χ4v) is 5.93. The van der Waals surface area contributed by atoms with Gasteiger partial charge in [-0.3, -0.25) is 9.10 Å². The van der Waals surface area contributed by atoms with Crippen molar-refractivity contribution in [2.75, 3.05) is 17.9 Å². The van der Waals surface area contributed by atoms with Crippen molar-refractivity contribution in [3.8, 4) is 0 Å². The monoisotopic (exact) mass is 434 g/mol. The molecule has 7 nitrogen and oxygen atoms in total. The van der Waals surface area contributed by atoms with Crippen molar-refractivity contribution in [1.29, 1.82) is 0 Å². The van der Waals surface area contributed by atoms with Crippen LogP contribution in [0.15, 0.2) is 65.6 Å². The second-order valence-corrected chi connectivity index (χ2v) is 9.48. The van der Waals surface area contributed by atoms with Crippen LogP contribution < -0.4 is 4.31 Å². The number of benzene rings is 3. The minimum Gasteiger partial charge on any atom is -0.337 e. The molecule has 1 aromatic heterocycles. The van der Waals surface area contributed by atoms with Gasteiger partial charge in [-0.25, -0.2) is 13.4 Å². The van der Waals surface area contributed by atoms with Gasteiger partial charge in [-0.05, 0) is 36.6 Å². The summed E-state index contributed by atoms with van der Waals surface area (Å²) < 4.78 is 29.6. The molecule has 0 atom stereocenters. The topological polar surface area (TPSA) is 75.5 Å². The lowest BCUT2D eigenvalue weighted by Gasteiger charge is -2.23. The molecule has 0 spiro atoms. The molecule has 1 aliphatic rings. The lowest BCUT2D eigenvalue weighted by atomic mass is 10.1. The molecular weight excluding hydrogens is 412 g/mol. The first-order valence-corrected chi connectivity index (χ1v) is 11.6. The number of carbonyl (C=O) groups excluding carboxylic acids is 1. The highest BCUT2D eigenvalue weighted by Crippen LogP contribution is 2.41. The van der Waals surface area contributed by atoms with Crippen molar-refractivity contribution in [2.45, 2.75) is 24.9 Å².